The average molecular weight is 324 g/mol. The van der Waals surface area contributed by atoms with E-state index in [0.29, 0.717) is 30.0 Å². The van der Waals surface area contributed by atoms with Crippen LogP contribution in [0.2, 0.25) is 5.02 Å². The van der Waals surface area contributed by atoms with Gasteiger partial charge in [0.2, 0.25) is 0 Å². The highest BCUT2D eigenvalue weighted by molar-refractivity contribution is 6.31. The van der Waals surface area contributed by atoms with Crippen molar-refractivity contribution in [2.24, 2.45) is 5.73 Å². The summed E-state index contributed by atoms with van der Waals surface area (Å²) in [6.45, 7) is 2.68. The molecule has 1 aromatic heterocycles. The van der Waals surface area contributed by atoms with Crippen LogP contribution in [0.1, 0.15) is 12.6 Å². The summed E-state index contributed by atoms with van der Waals surface area (Å²) in [7, 11) is 0. The Balaban J connectivity index is 2.11. The van der Waals surface area contributed by atoms with Crippen molar-refractivity contribution in [2.45, 2.75) is 26.1 Å². The third-order valence-corrected chi connectivity index (χ3v) is 4.16. The lowest BCUT2D eigenvalue weighted by Crippen LogP contribution is -2.47. The zero-order valence-electron chi connectivity index (χ0n) is 11.9. The molecule has 8 heteroatoms. The number of rotatable bonds is 1. The van der Waals surface area contributed by atoms with E-state index in [2.05, 4.69) is 5.10 Å². The molecule has 22 heavy (non-hydrogen) atoms. The van der Waals surface area contributed by atoms with Crippen molar-refractivity contribution in [1.29, 1.82) is 0 Å². The molecule has 0 aliphatic carbocycles. The standard InChI is InChI=1S/C14H15ClFN5O/c1-7-5-21-11(6-20(7)14(18)22)12(13(17)19-21)8-2-3-10(16)9(15)4-8/h2-4,7H,5-6H2,1H3,(H2,17,19)(H2,18,22). The molecule has 1 aromatic carbocycles. The highest BCUT2D eigenvalue weighted by Gasteiger charge is 2.30. The molecule has 2 heterocycles. The molecule has 2 aromatic rings. The van der Waals surface area contributed by atoms with Gasteiger partial charge in [0.25, 0.3) is 0 Å². The molecule has 3 rings (SSSR count). The molecular weight excluding hydrogens is 309 g/mol. The summed E-state index contributed by atoms with van der Waals surface area (Å²) in [6, 6.07) is 3.79. The molecule has 0 bridgehead atoms. The monoisotopic (exact) mass is 323 g/mol. The summed E-state index contributed by atoms with van der Waals surface area (Å²) in [5, 5.41) is 4.31. The molecule has 1 atom stereocenters. The van der Waals surface area contributed by atoms with E-state index in [4.69, 9.17) is 23.1 Å². The van der Waals surface area contributed by atoms with E-state index in [1.165, 1.54) is 12.1 Å². The van der Waals surface area contributed by atoms with Gasteiger partial charge < -0.3 is 16.4 Å². The summed E-state index contributed by atoms with van der Waals surface area (Å²) < 4.78 is 15.1. The van der Waals surface area contributed by atoms with Crippen LogP contribution in [0, 0.1) is 5.82 Å². The Hall–Kier alpha value is -2.28. The van der Waals surface area contributed by atoms with Crippen LogP contribution in [0.25, 0.3) is 11.1 Å². The van der Waals surface area contributed by atoms with Gasteiger partial charge in [-0.25, -0.2) is 9.18 Å². The molecule has 1 unspecified atom stereocenters. The van der Waals surface area contributed by atoms with Crippen LogP contribution in [-0.2, 0) is 13.1 Å². The predicted molar refractivity (Wildman–Crippen MR) is 81.6 cm³/mol. The van der Waals surface area contributed by atoms with E-state index in [-0.39, 0.29) is 11.1 Å². The zero-order chi connectivity index (χ0) is 16.0. The number of benzene rings is 1. The Labute approximate surface area is 131 Å². The summed E-state index contributed by atoms with van der Waals surface area (Å²) in [5.41, 5.74) is 13.5. The SMILES string of the molecule is CC1Cn2nc(N)c(-c3ccc(F)c(Cl)c3)c2CN1C(N)=O. The molecule has 4 N–H and O–H groups in total. The van der Waals surface area contributed by atoms with Crippen LogP contribution < -0.4 is 11.5 Å². The minimum atomic E-state index is -0.502. The second-order valence-corrected chi connectivity index (χ2v) is 5.74. The van der Waals surface area contributed by atoms with E-state index >= 15 is 0 Å². The van der Waals surface area contributed by atoms with Gasteiger partial charge in [-0.1, -0.05) is 17.7 Å². The number of primary amides is 1. The number of anilines is 1. The molecule has 1 aliphatic heterocycles. The van der Waals surface area contributed by atoms with Crippen LogP contribution in [0.4, 0.5) is 15.0 Å². The molecule has 2 amide bonds. The number of aromatic nitrogens is 2. The highest BCUT2D eigenvalue weighted by Crippen LogP contribution is 2.34. The number of carbonyl (C=O) groups is 1. The maximum atomic E-state index is 13.3. The Kier molecular flexibility index (Phi) is 3.44. The normalized spacial score (nSPS) is 17.4. The molecule has 0 saturated heterocycles. The molecule has 0 spiro atoms. The van der Waals surface area contributed by atoms with E-state index in [1.807, 2.05) is 6.92 Å². The fourth-order valence-electron chi connectivity index (χ4n) is 2.76. The summed E-state index contributed by atoms with van der Waals surface area (Å²) in [6.07, 6.45) is 0. The Morgan fingerprint density at radius 3 is 2.86 bits per heavy atom. The minimum absolute atomic E-state index is 0.00721. The molecule has 1 aliphatic rings. The molecule has 0 saturated carbocycles. The number of halogens is 2. The van der Waals surface area contributed by atoms with Gasteiger partial charge in [-0.3, -0.25) is 4.68 Å². The van der Waals surface area contributed by atoms with Crippen LogP contribution in [0.15, 0.2) is 18.2 Å². The number of hydrogen-bond acceptors (Lipinski definition) is 3. The fraction of sp³-hybridized carbons (Fsp3) is 0.286. The van der Waals surface area contributed by atoms with Gasteiger partial charge in [-0.05, 0) is 24.6 Å². The van der Waals surface area contributed by atoms with Crippen LogP contribution in [0.5, 0.6) is 0 Å². The zero-order valence-corrected chi connectivity index (χ0v) is 12.6. The third kappa shape index (κ3) is 2.27. The molecule has 0 fully saturated rings. The van der Waals surface area contributed by atoms with E-state index < -0.39 is 11.8 Å². The van der Waals surface area contributed by atoms with Gasteiger partial charge in [0, 0.05) is 5.56 Å². The summed E-state index contributed by atoms with van der Waals surface area (Å²) in [4.78, 5) is 13.1. The average Bonchev–Trinajstić information content (AvgIpc) is 2.75. The second-order valence-electron chi connectivity index (χ2n) is 5.33. The van der Waals surface area contributed by atoms with E-state index in [1.54, 1.807) is 15.6 Å². The molecule has 116 valence electrons. The predicted octanol–water partition coefficient (Wildman–Crippen LogP) is 2.21. The van der Waals surface area contributed by atoms with Crippen molar-refractivity contribution >= 4 is 23.4 Å². The van der Waals surface area contributed by atoms with Crippen molar-refractivity contribution in [3.63, 3.8) is 0 Å². The number of hydrogen-bond donors (Lipinski definition) is 2. The van der Waals surface area contributed by atoms with Crippen molar-refractivity contribution in [1.82, 2.24) is 14.7 Å². The summed E-state index contributed by atoms with van der Waals surface area (Å²) >= 11 is 5.84. The Morgan fingerprint density at radius 2 is 2.23 bits per heavy atom. The highest BCUT2D eigenvalue weighted by atomic mass is 35.5. The first-order valence-corrected chi connectivity index (χ1v) is 7.13. The number of carbonyl (C=O) groups excluding carboxylic acids is 1. The molecular formula is C14H15ClFN5O. The number of nitrogens with zero attached hydrogens (tertiary/aromatic N) is 3. The molecule has 6 nitrogen and oxygen atoms in total. The van der Waals surface area contributed by atoms with Crippen molar-refractivity contribution < 1.29 is 9.18 Å². The van der Waals surface area contributed by atoms with Gasteiger partial charge in [0.15, 0.2) is 5.82 Å². The first-order chi connectivity index (χ1) is 10.4. The number of amides is 2. The van der Waals surface area contributed by atoms with E-state index in [9.17, 15) is 9.18 Å². The topological polar surface area (TPSA) is 90.2 Å². The van der Waals surface area contributed by atoms with Gasteiger partial charge in [-0.2, -0.15) is 5.10 Å². The molecule has 0 radical (unpaired) electrons. The van der Waals surface area contributed by atoms with Crippen LogP contribution in [-0.4, -0.2) is 26.8 Å². The number of nitrogen functional groups attached to an aromatic ring is 1. The van der Waals surface area contributed by atoms with Crippen molar-refractivity contribution in [3.05, 3.63) is 34.7 Å². The van der Waals surface area contributed by atoms with Crippen LogP contribution >= 0.6 is 11.6 Å². The van der Waals surface area contributed by atoms with Crippen LogP contribution in [0.3, 0.4) is 0 Å². The van der Waals surface area contributed by atoms with Gasteiger partial charge >= 0.3 is 6.03 Å². The van der Waals surface area contributed by atoms with Crippen molar-refractivity contribution in [3.8, 4) is 11.1 Å². The minimum Gasteiger partial charge on any atom is -0.382 e. The first-order valence-electron chi connectivity index (χ1n) is 6.75. The Morgan fingerprint density at radius 1 is 1.50 bits per heavy atom. The lowest BCUT2D eigenvalue weighted by Gasteiger charge is -2.33. The smallest absolute Gasteiger partial charge is 0.315 e. The largest absolute Gasteiger partial charge is 0.382 e. The number of fused-ring (bicyclic) bond motifs is 1. The number of nitrogens with two attached hydrogens (primary N) is 2. The van der Waals surface area contributed by atoms with Gasteiger partial charge in [0.05, 0.1) is 29.8 Å². The third-order valence-electron chi connectivity index (χ3n) is 3.87. The second kappa shape index (κ2) is 5.17. The fourth-order valence-corrected chi connectivity index (χ4v) is 2.94. The number of urea groups is 1. The van der Waals surface area contributed by atoms with Gasteiger partial charge in [0.1, 0.15) is 5.82 Å². The maximum Gasteiger partial charge on any atom is 0.315 e. The summed E-state index contributed by atoms with van der Waals surface area (Å²) in [5.74, 6) is -0.186. The Bertz CT molecular complexity index is 760. The quantitative estimate of drug-likeness (QED) is 0.843. The van der Waals surface area contributed by atoms with E-state index in [0.717, 1.165) is 5.69 Å². The van der Waals surface area contributed by atoms with Crippen molar-refractivity contribution in [2.75, 3.05) is 5.73 Å². The van der Waals surface area contributed by atoms with Gasteiger partial charge in [-0.15, -0.1) is 0 Å². The maximum absolute atomic E-state index is 13.3. The lowest BCUT2D eigenvalue weighted by molar-refractivity contribution is 0.158. The first kappa shape index (κ1) is 14.6. The lowest BCUT2D eigenvalue weighted by atomic mass is 10.0.